The van der Waals surface area contributed by atoms with Gasteiger partial charge < -0.3 is 0 Å². The predicted molar refractivity (Wildman–Crippen MR) is 88.2 cm³/mol. The Labute approximate surface area is 142 Å². The molecule has 3 aliphatic carbocycles. The number of allylic oxidation sites excluding steroid dienone is 6. The lowest BCUT2D eigenvalue weighted by Crippen LogP contribution is -2.53. The molecular weight excluding hydrogens is 300 g/mol. The van der Waals surface area contributed by atoms with Gasteiger partial charge in [0.2, 0.25) is 0 Å². The van der Waals surface area contributed by atoms with Gasteiger partial charge in [0.25, 0.3) is 0 Å². The van der Waals surface area contributed by atoms with Gasteiger partial charge in [0.05, 0.1) is 11.1 Å². The van der Waals surface area contributed by atoms with Crippen LogP contribution in [-0.4, -0.2) is 11.6 Å². The molecule has 0 aromatic carbocycles. The molecule has 1 fully saturated rings. The zero-order chi connectivity index (χ0) is 17.9. The van der Waals surface area contributed by atoms with Crippen LogP contribution in [0.25, 0.3) is 0 Å². The average Bonchev–Trinajstić information content (AvgIpc) is 2.52. The molecule has 122 valence electrons. The fourth-order valence-corrected chi connectivity index (χ4v) is 5.08. The molecule has 0 aromatic rings. The minimum absolute atomic E-state index is 0.0266. The Morgan fingerprint density at radius 1 is 1.04 bits per heavy atom. The minimum Gasteiger partial charge on any atom is -0.293 e. The van der Waals surface area contributed by atoms with Crippen molar-refractivity contribution in [3.63, 3.8) is 0 Å². The summed E-state index contributed by atoms with van der Waals surface area (Å²) in [5, 5.41) is 18.6. The van der Waals surface area contributed by atoms with E-state index in [1.54, 1.807) is 18.2 Å². The summed E-state index contributed by atoms with van der Waals surface area (Å²) in [7, 11) is 0. The lowest BCUT2D eigenvalue weighted by molar-refractivity contribution is -0.130. The Balaban J connectivity index is 2.26. The highest BCUT2D eigenvalue weighted by molar-refractivity contribution is 6.09. The van der Waals surface area contributed by atoms with Crippen LogP contribution in [-0.2, 0) is 9.59 Å². The highest BCUT2D eigenvalue weighted by Gasteiger charge is 2.58. The van der Waals surface area contributed by atoms with Crippen molar-refractivity contribution in [3.05, 3.63) is 34.9 Å². The monoisotopic (exact) mass is 320 g/mol. The first-order chi connectivity index (χ1) is 11.1. The van der Waals surface area contributed by atoms with Crippen LogP contribution in [0.4, 0.5) is 0 Å². The van der Waals surface area contributed by atoms with E-state index in [1.807, 2.05) is 39.8 Å². The van der Waals surface area contributed by atoms with E-state index in [0.717, 1.165) is 18.4 Å². The van der Waals surface area contributed by atoms with Crippen LogP contribution in [0.15, 0.2) is 34.9 Å². The molecule has 3 atom stereocenters. The van der Waals surface area contributed by atoms with E-state index in [4.69, 9.17) is 0 Å². The predicted octanol–water partition coefficient (Wildman–Crippen LogP) is 3.43. The molecule has 0 bridgehead atoms. The van der Waals surface area contributed by atoms with Crippen molar-refractivity contribution in [2.75, 3.05) is 0 Å². The number of carbonyl (C=O) groups is 2. The van der Waals surface area contributed by atoms with Crippen molar-refractivity contribution in [1.29, 1.82) is 10.5 Å². The van der Waals surface area contributed by atoms with E-state index >= 15 is 0 Å². The Bertz CT molecular complexity index is 844. The largest absolute Gasteiger partial charge is 0.293 e. The third-order valence-electron chi connectivity index (χ3n) is 6.26. The van der Waals surface area contributed by atoms with E-state index in [9.17, 15) is 20.1 Å². The number of fused-ring (bicyclic) bond motifs is 3. The molecule has 1 unspecified atom stereocenters. The quantitative estimate of drug-likeness (QED) is 0.684. The molecule has 0 aliphatic heterocycles. The summed E-state index contributed by atoms with van der Waals surface area (Å²) in [6.07, 6.45) is 6.69. The molecule has 4 heteroatoms. The Morgan fingerprint density at radius 2 is 1.67 bits per heavy atom. The number of rotatable bonds is 0. The molecule has 24 heavy (non-hydrogen) atoms. The van der Waals surface area contributed by atoms with Crippen molar-refractivity contribution >= 4 is 11.6 Å². The Morgan fingerprint density at radius 3 is 2.25 bits per heavy atom. The van der Waals surface area contributed by atoms with Gasteiger partial charge in [0, 0.05) is 16.2 Å². The first kappa shape index (κ1) is 16.4. The van der Waals surface area contributed by atoms with Gasteiger partial charge in [-0.15, -0.1) is 0 Å². The number of hydrogen-bond acceptors (Lipinski definition) is 4. The van der Waals surface area contributed by atoms with E-state index in [2.05, 4.69) is 0 Å². The van der Waals surface area contributed by atoms with E-state index in [1.165, 1.54) is 0 Å². The van der Waals surface area contributed by atoms with Crippen LogP contribution in [0.2, 0.25) is 0 Å². The summed E-state index contributed by atoms with van der Waals surface area (Å²) in [5.41, 5.74) is -0.312. The average molecular weight is 320 g/mol. The van der Waals surface area contributed by atoms with Crippen LogP contribution in [0, 0.1) is 44.8 Å². The molecule has 3 aliphatic rings. The number of carbonyl (C=O) groups excluding carboxylic acids is 2. The highest BCUT2D eigenvalue weighted by Crippen LogP contribution is 2.63. The van der Waals surface area contributed by atoms with Gasteiger partial charge in [-0.3, -0.25) is 9.59 Å². The number of nitrogens with zero attached hydrogens (tertiary/aromatic N) is 2. The zero-order valence-electron chi connectivity index (χ0n) is 14.4. The minimum atomic E-state index is -0.654. The molecule has 0 radical (unpaired) electrons. The molecule has 0 spiro atoms. The summed E-state index contributed by atoms with van der Waals surface area (Å²) < 4.78 is 0. The SMILES string of the molecule is CC1(C)C(=O)C(C#N)=CC2(C)C3=CC(=O)C(C#N)=C[C@]3(C)CC[C@@H]12. The van der Waals surface area contributed by atoms with Gasteiger partial charge in [-0.05, 0) is 30.4 Å². The van der Waals surface area contributed by atoms with Crippen molar-refractivity contribution in [2.24, 2.45) is 22.2 Å². The van der Waals surface area contributed by atoms with E-state index < -0.39 is 16.2 Å². The topological polar surface area (TPSA) is 81.7 Å². The Hall–Kier alpha value is -2.46. The number of hydrogen-bond donors (Lipinski definition) is 0. The van der Waals surface area contributed by atoms with Crippen molar-refractivity contribution in [3.8, 4) is 12.1 Å². The maximum atomic E-state index is 12.6. The third kappa shape index (κ3) is 1.89. The van der Waals surface area contributed by atoms with Gasteiger partial charge in [-0.25, -0.2) is 0 Å². The first-order valence-corrected chi connectivity index (χ1v) is 8.18. The summed E-state index contributed by atoms with van der Waals surface area (Å²) >= 11 is 0. The smallest absolute Gasteiger partial charge is 0.196 e. The van der Waals surface area contributed by atoms with Crippen LogP contribution < -0.4 is 0 Å². The molecule has 0 amide bonds. The fourth-order valence-electron chi connectivity index (χ4n) is 5.08. The highest BCUT2D eigenvalue weighted by atomic mass is 16.1. The van der Waals surface area contributed by atoms with Crippen molar-refractivity contribution in [1.82, 2.24) is 0 Å². The second-order valence-electron chi connectivity index (χ2n) is 8.10. The number of ketones is 2. The van der Waals surface area contributed by atoms with Crippen LogP contribution in [0.3, 0.4) is 0 Å². The first-order valence-electron chi connectivity index (χ1n) is 8.18. The molecule has 0 aromatic heterocycles. The number of Topliss-reactive ketones (excluding diaryl/α,β-unsaturated/α-hetero) is 1. The molecule has 0 saturated heterocycles. The number of nitriles is 2. The van der Waals surface area contributed by atoms with Crippen LogP contribution in [0.1, 0.15) is 40.5 Å². The maximum absolute atomic E-state index is 12.6. The summed E-state index contributed by atoms with van der Waals surface area (Å²) in [6, 6.07) is 4.02. The normalized spacial score (nSPS) is 37.1. The fraction of sp³-hybridized carbons (Fsp3) is 0.500. The third-order valence-corrected chi connectivity index (χ3v) is 6.26. The van der Waals surface area contributed by atoms with Crippen LogP contribution in [0.5, 0.6) is 0 Å². The molecule has 3 rings (SSSR count). The molecule has 0 heterocycles. The van der Waals surface area contributed by atoms with E-state index in [0.29, 0.717) is 0 Å². The zero-order valence-corrected chi connectivity index (χ0v) is 14.4. The van der Waals surface area contributed by atoms with Gasteiger partial charge in [-0.2, -0.15) is 10.5 Å². The molecule has 4 nitrogen and oxygen atoms in total. The Kier molecular flexibility index (Phi) is 3.26. The maximum Gasteiger partial charge on any atom is 0.196 e. The molecular formula is C20H20N2O2. The molecule has 1 saturated carbocycles. The summed E-state index contributed by atoms with van der Waals surface area (Å²) in [6.45, 7) is 7.85. The summed E-state index contributed by atoms with van der Waals surface area (Å²) in [5.74, 6) is -0.376. The van der Waals surface area contributed by atoms with Gasteiger partial charge in [-0.1, -0.05) is 39.8 Å². The standard InChI is InChI=1S/C20H20N2O2/c1-18(2)15-5-6-19(3)8-12(10-21)14(23)7-16(19)20(15,4)9-13(11-22)17(18)24/h7-9,15H,5-6H2,1-4H3/t15-,19-,20?/m0/s1. The summed E-state index contributed by atoms with van der Waals surface area (Å²) in [4.78, 5) is 24.9. The van der Waals surface area contributed by atoms with Gasteiger partial charge >= 0.3 is 0 Å². The second-order valence-corrected chi connectivity index (χ2v) is 8.10. The molecule has 0 N–H and O–H groups in total. The lowest BCUT2D eigenvalue weighted by Gasteiger charge is -2.57. The van der Waals surface area contributed by atoms with E-state index in [-0.39, 0.29) is 28.6 Å². The van der Waals surface area contributed by atoms with Gasteiger partial charge in [0.1, 0.15) is 12.1 Å². The van der Waals surface area contributed by atoms with Crippen LogP contribution >= 0.6 is 0 Å². The second kappa shape index (κ2) is 4.77. The van der Waals surface area contributed by atoms with Crippen molar-refractivity contribution in [2.45, 2.75) is 40.5 Å². The lowest BCUT2D eigenvalue weighted by atomic mass is 9.45. The van der Waals surface area contributed by atoms with Gasteiger partial charge in [0.15, 0.2) is 11.6 Å². The van der Waals surface area contributed by atoms with Crippen molar-refractivity contribution < 1.29 is 9.59 Å².